The van der Waals surface area contributed by atoms with Crippen LogP contribution in [0.5, 0.6) is 0 Å². The highest BCUT2D eigenvalue weighted by Crippen LogP contribution is 2.36. The largest absolute Gasteiger partial charge is 0.357 e. The Kier molecular flexibility index (Phi) is 5.27. The highest BCUT2D eigenvalue weighted by molar-refractivity contribution is 5.81. The summed E-state index contributed by atoms with van der Waals surface area (Å²) in [6.45, 7) is 6.16. The molecular formula is C20H27N7O. The summed E-state index contributed by atoms with van der Waals surface area (Å²) in [4.78, 5) is 22.9. The summed E-state index contributed by atoms with van der Waals surface area (Å²) in [6, 6.07) is 8.19. The Morgan fingerprint density at radius 1 is 1.36 bits per heavy atom. The maximum Gasteiger partial charge on any atom is 0.220 e. The molecule has 0 bridgehead atoms. The van der Waals surface area contributed by atoms with E-state index in [2.05, 4.69) is 44.7 Å². The van der Waals surface area contributed by atoms with Crippen LogP contribution in [0, 0.1) is 5.41 Å². The van der Waals surface area contributed by atoms with Crippen LogP contribution in [0.15, 0.2) is 41.9 Å². The molecule has 3 heterocycles. The van der Waals surface area contributed by atoms with Crippen molar-refractivity contribution in [1.29, 1.82) is 0 Å². The number of aromatic nitrogens is 3. The predicted molar refractivity (Wildman–Crippen MR) is 107 cm³/mol. The van der Waals surface area contributed by atoms with Crippen molar-refractivity contribution >= 4 is 11.9 Å². The molecule has 2 aromatic rings. The Labute approximate surface area is 165 Å². The SMILES string of the molecule is CCNC(=NCc1ccc(-n2cncn2)cc1)N1CCCC2(CNC(=O)C2)C1. The van der Waals surface area contributed by atoms with Crippen LogP contribution in [0.25, 0.3) is 5.69 Å². The predicted octanol–water partition coefficient (Wildman–Crippen LogP) is 1.33. The van der Waals surface area contributed by atoms with Gasteiger partial charge in [0.05, 0.1) is 12.2 Å². The molecule has 148 valence electrons. The Bertz CT molecular complexity index is 831. The number of carbonyl (C=O) groups is 1. The van der Waals surface area contributed by atoms with Crippen molar-refractivity contribution in [3.63, 3.8) is 0 Å². The zero-order valence-electron chi connectivity index (χ0n) is 16.3. The number of piperidine rings is 1. The Morgan fingerprint density at radius 2 is 2.21 bits per heavy atom. The maximum absolute atomic E-state index is 11.8. The monoisotopic (exact) mass is 381 g/mol. The number of benzene rings is 1. The van der Waals surface area contributed by atoms with Gasteiger partial charge in [-0.3, -0.25) is 4.79 Å². The average molecular weight is 381 g/mol. The Balaban J connectivity index is 1.45. The molecule has 2 aliphatic rings. The van der Waals surface area contributed by atoms with Gasteiger partial charge in [0, 0.05) is 38.0 Å². The van der Waals surface area contributed by atoms with Gasteiger partial charge in [0.25, 0.3) is 0 Å². The van der Waals surface area contributed by atoms with E-state index in [1.54, 1.807) is 11.0 Å². The van der Waals surface area contributed by atoms with Crippen LogP contribution in [-0.4, -0.2) is 57.7 Å². The molecule has 1 aromatic carbocycles. The molecule has 1 spiro atoms. The van der Waals surface area contributed by atoms with E-state index in [0.29, 0.717) is 13.0 Å². The van der Waals surface area contributed by atoms with E-state index in [9.17, 15) is 4.79 Å². The van der Waals surface area contributed by atoms with Gasteiger partial charge >= 0.3 is 0 Å². The lowest BCUT2D eigenvalue weighted by Gasteiger charge is -2.40. The molecule has 1 atom stereocenters. The summed E-state index contributed by atoms with van der Waals surface area (Å²) in [5.74, 6) is 1.11. The molecule has 2 aliphatic heterocycles. The maximum atomic E-state index is 11.8. The summed E-state index contributed by atoms with van der Waals surface area (Å²) >= 11 is 0. The first kappa shape index (κ1) is 18.5. The van der Waals surface area contributed by atoms with Crippen LogP contribution in [0.4, 0.5) is 0 Å². The van der Waals surface area contributed by atoms with Crippen LogP contribution in [0.2, 0.25) is 0 Å². The number of nitrogens with zero attached hydrogens (tertiary/aromatic N) is 5. The standard InChI is InChI=1S/C20H27N7O/c1-2-22-19(26-9-3-8-20(13-26)10-18(28)24-12-20)23-11-16-4-6-17(7-5-16)27-15-21-14-25-27/h4-7,14-15H,2-3,8-13H2,1H3,(H,22,23)(H,24,28). The van der Waals surface area contributed by atoms with Crippen LogP contribution < -0.4 is 10.6 Å². The number of guanidine groups is 1. The summed E-state index contributed by atoms with van der Waals surface area (Å²) in [5, 5.41) is 10.6. The van der Waals surface area contributed by atoms with Gasteiger partial charge in [-0.15, -0.1) is 0 Å². The minimum absolute atomic E-state index is 0.0605. The van der Waals surface area contributed by atoms with Gasteiger partial charge in [0.1, 0.15) is 12.7 Å². The zero-order chi connectivity index (χ0) is 19.4. The van der Waals surface area contributed by atoms with Crippen molar-refractivity contribution in [1.82, 2.24) is 30.3 Å². The first-order valence-electron chi connectivity index (χ1n) is 9.91. The second kappa shape index (κ2) is 8.00. The van der Waals surface area contributed by atoms with E-state index in [-0.39, 0.29) is 11.3 Å². The van der Waals surface area contributed by atoms with E-state index < -0.39 is 0 Å². The first-order chi connectivity index (χ1) is 13.7. The molecule has 4 rings (SSSR count). The van der Waals surface area contributed by atoms with Crippen LogP contribution in [0.3, 0.4) is 0 Å². The van der Waals surface area contributed by atoms with Gasteiger partial charge in [-0.05, 0) is 37.5 Å². The third kappa shape index (κ3) is 4.00. The van der Waals surface area contributed by atoms with Gasteiger partial charge < -0.3 is 15.5 Å². The van der Waals surface area contributed by atoms with E-state index >= 15 is 0 Å². The quantitative estimate of drug-likeness (QED) is 0.616. The van der Waals surface area contributed by atoms with Crippen LogP contribution in [-0.2, 0) is 11.3 Å². The van der Waals surface area contributed by atoms with Gasteiger partial charge in [-0.1, -0.05) is 12.1 Å². The van der Waals surface area contributed by atoms with Crippen molar-refractivity contribution in [2.45, 2.75) is 32.7 Å². The summed E-state index contributed by atoms with van der Waals surface area (Å²) < 4.78 is 1.74. The van der Waals surface area contributed by atoms with Crippen molar-refractivity contribution < 1.29 is 4.79 Å². The minimum atomic E-state index is 0.0605. The fourth-order valence-corrected chi connectivity index (χ4v) is 4.12. The molecule has 1 amide bonds. The lowest BCUT2D eigenvalue weighted by molar-refractivity contribution is -0.119. The molecule has 8 nitrogen and oxygen atoms in total. The number of rotatable bonds is 4. The fourth-order valence-electron chi connectivity index (χ4n) is 4.12. The average Bonchev–Trinajstić information content (AvgIpc) is 3.36. The van der Waals surface area contributed by atoms with Gasteiger partial charge in [0.15, 0.2) is 5.96 Å². The molecule has 1 unspecified atom stereocenters. The second-order valence-electron chi connectivity index (χ2n) is 7.66. The van der Waals surface area contributed by atoms with Crippen LogP contribution >= 0.6 is 0 Å². The molecular weight excluding hydrogens is 354 g/mol. The summed E-state index contributed by atoms with van der Waals surface area (Å²) in [5.41, 5.74) is 2.18. The van der Waals surface area contributed by atoms with Crippen molar-refractivity contribution in [3.05, 3.63) is 42.5 Å². The van der Waals surface area contributed by atoms with Crippen molar-refractivity contribution in [3.8, 4) is 5.69 Å². The smallest absolute Gasteiger partial charge is 0.220 e. The third-order valence-corrected chi connectivity index (χ3v) is 5.52. The molecule has 8 heteroatoms. The number of hydrogen-bond donors (Lipinski definition) is 2. The Hall–Kier alpha value is -2.90. The van der Waals surface area contributed by atoms with Crippen molar-refractivity contribution in [2.75, 3.05) is 26.2 Å². The van der Waals surface area contributed by atoms with E-state index in [1.807, 2.05) is 12.1 Å². The minimum Gasteiger partial charge on any atom is -0.357 e. The van der Waals surface area contributed by atoms with Crippen molar-refractivity contribution in [2.24, 2.45) is 10.4 Å². The number of nitrogens with one attached hydrogen (secondary N) is 2. The lowest BCUT2D eigenvalue weighted by atomic mass is 9.79. The third-order valence-electron chi connectivity index (χ3n) is 5.52. The summed E-state index contributed by atoms with van der Waals surface area (Å²) in [6.07, 6.45) is 6.04. The Morgan fingerprint density at radius 3 is 2.89 bits per heavy atom. The molecule has 1 aromatic heterocycles. The van der Waals surface area contributed by atoms with E-state index in [1.165, 1.54) is 6.33 Å². The number of amides is 1. The molecule has 0 radical (unpaired) electrons. The molecule has 28 heavy (non-hydrogen) atoms. The molecule has 2 N–H and O–H groups in total. The van der Waals surface area contributed by atoms with Crippen LogP contribution in [0.1, 0.15) is 31.7 Å². The zero-order valence-corrected chi connectivity index (χ0v) is 16.3. The van der Waals surface area contributed by atoms with Gasteiger partial charge in [0.2, 0.25) is 5.91 Å². The highest BCUT2D eigenvalue weighted by atomic mass is 16.1. The number of hydrogen-bond acceptors (Lipinski definition) is 4. The fraction of sp³-hybridized carbons (Fsp3) is 0.500. The normalized spacial score (nSPS) is 22.5. The molecule has 2 saturated heterocycles. The number of likely N-dealkylation sites (tertiary alicyclic amines) is 1. The number of carbonyl (C=O) groups excluding carboxylic acids is 1. The van der Waals surface area contributed by atoms with Gasteiger partial charge in [-0.2, -0.15) is 5.10 Å². The first-order valence-corrected chi connectivity index (χ1v) is 9.91. The lowest BCUT2D eigenvalue weighted by Crippen LogP contribution is -2.51. The summed E-state index contributed by atoms with van der Waals surface area (Å²) in [7, 11) is 0. The topological polar surface area (TPSA) is 87.4 Å². The number of aliphatic imine (C=N–C) groups is 1. The second-order valence-corrected chi connectivity index (χ2v) is 7.66. The van der Waals surface area contributed by atoms with E-state index in [0.717, 1.165) is 56.2 Å². The molecule has 2 fully saturated rings. The highest BCUT2D eigenvalue weighted by Gasteiger charge is 2.42. The van der Waals surface area contributed by atoms with E-state index in [4.69, 9.17) is 4.99 Å². The molecule has 0 saturated carbocycles. The van der Waals surface area contributed by atoms with Gasteiger partial charge in [-0.25, -0.2) is 14.7 Å². The molecule has 0 aliphatic carbocycles.